The van der Waals surface area contributed by atoms with Crippen LogP contribution in [0.5, 0.6) is 0 Å². The normalized spacial score (nSPS) is 18.3. The van der Waals surface area contributed by atoms with Crippen LogP contribution in [0.25, 0.3) is 0 Å². The number of sulfonamides is 1. The summed E-state index contributed by atoms with van der Waals surface area (Å²) in [4.78, 5) is 6.23. The molecule has 1 N–H and O–H groups in total. The summed E-state index contributed by atoms with van der Waals surface area (Å²) >= 11 is 5.94. The van der Waals surface area contributed by atoms with Crippen LogP contribution in [0, 0.1) is 5.92 Å². The fourth-order valence-electron chi connectivity index (χ4n) is 2.69. The number of nitrogens with one attached hydrogen (secondary N) is 1. The molecule has 1 aliphatic rings. The van der Waals surface area contributed by atoms with Crippen LogP contribution in [0.2, 0.25) is 5.02 Å². The molecule has 0 radical (unpaired) electrons. The van der Waals surface area contributed by atoms with Crippen molar-refractivity contribution in [2.24, 2.45) is 5.92 Å². The maximum atomic E-state index is 12.3. The topological polar surface area (TPSA) is 62.3 Å². The molecule has 1 unspecified atom stereocenters. The second-order valence-corrected chi connectivity index (χ2v) is 7.86. The third-order valence-corrected chi connectivity index (χ3v) is 5.78. The number of aromatic nitrogens is 1. The lowest BCUT2D eigenvalue weighted by atomic mass is 10.0. The highest BCUT2D eigenvalue weighted by molar-refractivity contribution is 7.89. The van der Waals surface area contributed by atoms with Gasteiger partial charge in [-0.3, -0.25) is 9.88 Å². The molecule has 0 bridgehead atoms. The van der Waals surface area contributed by atoms with E-state index < -0.39 is 10.0 Å². The predicted octanol–water partition coefficient (Wildman–Crippen LogP) is 2.13. The highest BCUT2D eigenvalue weighted by atomic mass is 35.5. The summed E-state index contributed by atoms with van der Waals surface area (Å²) in [6, 6.07) is 1.69. The van der Waals surface area contributed by atoms with Crippen LogP contribution in [0.15, 0.2) is 23.4 Å². The molecule has 0 aliphatic carbocycles. The summed E-state index contributed by atoms with van der Waals surface area (Å²) in [5.41, 5.74) is 0. The average Bonchev–Trinajstić information content (AvgIpc) is 2.92. The van der Waals surface area contributed by atoms with E-state index in [4.69, 9.17) is 11.6 Å². The SMILES string of the molecule is CC(C)C(CNS(=O)(=O)c1cnccc1Cl)N1CCCC1. The minimum atomic E-state index is -3.62. The molecule has 0 spiro atoms. The molecule has 0 amide bonds. The summed E-state index contributed by atoms with van der Waals surface area (Å²) in [5, 5.41) is 0.194. The van der Waals surface area contributed by atoms with Crippen molar-refractivity contribution < 1.29 is 8.42 Å². The summed E-state index contributed by atoms with van der Waals surface area (Å²) in [5.74, 6) is 0.384. The Morgan fingerprint density at radius 2 is 2.05 bits per heavy atom. The largest absolute Gasteiger partial charge is 0.299 e. The molecule has 1 aliphatic heterocycles. The van der Waals surface area contributed by atoms with E-state index in [2.05, 4.69) is 28.5 Å². The second-order valence-electron chi connectivity index (χ2n) is 5.71. The zero-order chi connectivity index (χ0) is 15.5. The van der Waals surface area contributed by atoms with Crippen LogP contribution >= 0.6 is 11.6 Å². The van der Waals surface area contributed by atoms with Crippen molar-refractivity contribution in [3.8, 4) is 0 Å². The van der Waals surface area contributed by atoms with Crippen LogP contribution in [-0.4, -0.2) is 44.0 Å². The molecule has 0 aromatic carbocycles. The van der Waals surface area contributed by atoms with Gasteiger partial charge in [0.25, 0.3) is 0 Å². The molecule has 2 heterocycles. The van der Waals surface area contributed by atoms with Crippen LogP contribution in [-0.2, 0) is 10.0 Å². The zero-order valence-electron chi connectivity index (χ0n) is 12.4. The molecule has 21 heavy (non-hydrogen) atoms. The molecule has 5 nitrogen and oxygen atoms in total. The molecule has 7 heteroatoms. The van der Waals surface area contributed by atoms with Crippen molar-refractivity contribution in [2.75, 3.05) is 19.6 Å². The van der Waals surface area contributed by atoms with Gasteiger partial charge in [0.15, 0.2) is 0 Å². The number of pyridine rings is 1. The van der Waals surface area contributed by atoms with Crippen LogP contribution in [0.1, 0.15) is 26.7 Å². The second kappa shape index (κ2) is 7.05. The van der Waals surface area contributed by atoms with Crippen molar-refractivity contribution in [1.29, 1.82) is 0 Å². The third kappa shape index (κ3) is 4.16. The van der Waals surface area contributed by atoms with Crippen molar-refractivity contribution in [1.82, 2.24) is 14.6 Å². The van der Waals surface area contributed by atoms with Crippen LogP contribution in [0.4, 0.5) is 0 Å². The quantitative estimate of drug-likeness (QED) is 0.867. The van der Waals surface area contributed by atoms with E-state index in [1.54, 1.807) is 0 Å². The van der Waals surface area contributed by atoms with E-state index >= 15 is 0 Å². The van der Waals surface area contributed by atoms with Crippen LogP contribution < -0.4 is 4.72 Å². The third-order valence-electron chi connectivity index (χ3n) is 3.89. The van der Waals surface area contributed by atoms with Gasteiger partial charge in [0, 0.05) is 25.0 Å². The summed E-state index contributed by atoms with van der Waals surface area (Å²) in [7, 11) is -3.62. The van der Waals surface area contributed by atoms with Gasteiger partial charge in [0.2, 0.25) is 10.0 Å². The molecule has 1 aromatic rings. The van der Waals surface area contributed by atoms with Crippen LogP contribution in [0.3, 0.4) is 0 Å². The lowest BCUT2D eigenvalue weighted by Crippen LogP contribution is -2.45. The Kier molecular flexibility index (Phi) is 5.60. The Hall–Kier alpha value is -0.690. The predicted molar refractivity (Wildman–Crippen MR) is 83.9 cm³/mol. The summed E-state index contributed by atoms with van der Waals surface area (Å²) in [6.07, 6.45) is 5.13. The van der Waals surface area contributed by atoms with Crippen molar-refractivity contribution in [3.05, 3.63) is 23.5 Å². The number of hydrogen-bond donors (Lipinski definition) is 1. The zero-order valence-corrected chi connectivity index (χ0v) is 14.0. The summed E-state index contributed by atoms with van der Waals surface area (Å²) in [6.45, 7) is 6.71. The standard InChI is InChI=1S/C14H22ClN3O2S/c1-11(2)13(18-7-3-4-8-18)9-17-21(19,20)14-10-16-6-5-12(14)15/h5-6,10-11,13,17H,3-4,7-9H2,1-2H3. The van der Waals surface area contributed by atoms with Gasteiger partial charge < -0.3 is 0 Å². The lowest BCUT2D eigenvalue weighted by molar-refractivity contribution is 0.193. The van der Waals surface area contributed by atoms with Gasteiger partial charge in [-0.2, -0.15) is 0 Å². The molecule has 1 saturated heterocycles. The lowest BCUT2D eigenvalue weighted by Gasteiger charge is -2.30. The maximum absolute atomic E-state index is 12.3. The molecule has 0 saturated carbocycles. The Labute approximate surface area is 131 Å². The van der Waals surface area contributed by atoms with Gasteiger partial charge in [-0.1, -0.05) is 25.4 Å². The average molecular weight is 332 g/mol. The maximum Gasteiger partial charge on any atom is 0.243 e. The number of likely N-dealkylation sites (tertiary alicyclic amines) is 1. The smallest absolute Gasteiger partial charge is 0.243 e. The molecular weight excluding hydrogens is 310 g/mol. The number of hydrogen-bond acceptors (Lipinski definition) is 4. The van der Waals surface area contributed by atoms with Gasteiger partial charge in [-0.05, 0) is 37.9 Å². The highest BCUT2D eigenvalue weighted by Crippen LogP contribution is 2.21. The molecule has 2 rings (SSSR count). The van der Waals surface area contributed by atoms with Crippen molar-refractivity contribution in [3.63, 3.8) is 0 Å². The molecule has 1 aromatic heterocycles. The van der Waals surface area contributed by atoms with Gasteiger partial charge in [0.05, 0.1) is 5.02 Å². The fraction of sp³-hybridized carbons (Fsp3) is 0.643. The Bertz CT molecular complexity index is 571. The van der Waals surface area contributed by atoms with Gasteiger partial charge in [-0.25, -0.2) is 13.1 Å². The molecule has 1 fully saturated rings. The van der Waals surface area contributed by atoms with Gasteiger partial charge in [-0.15, -0.1) is 0 Å². The molecule has 118 valence electrons. The van der Waals surface area contributed by atoms with E-state index in [-0.39, 0.29) is 16.0 Å². The Balaban J connectivity index is 2.08. The Morgan fingerprint density at radius 1 is 1.38 bits per heavy atom. The van der Waals surface area contributed by atoms with Crippen molar-refractivity contribution in [2.45, 2.75) is 37.6 Å². The van der Waals surface area contributed by atoms with E-state index in [0.29, 0.717) is 12.5 Å². The van der Waals surface area contributed by atoms with E-state index in [9.17, 15) is 8.42 Å². The molecular formula is C14H22ClN3O2S. The first-order valence-corrected chi connectivity index (χ1v) is 9.11. The first-order chi connectivity index (χ1) is 9.92. The first-order valence-electron chi connectivity index (χ1n) is 7.25. The number of halogens is 1. The Morgan fingerprint density at radius 3 is 2.62 bits per heavy atom. The van der Waals surface area contributed by atoms with E-state index in [1.807, 2.05) is 0 Å². The minimum absolute atomic E-state index is 0.0376. The first kappa shape index (κ1) is 16.7. The summed E-state index contributed by atoms with van der Waals surface area (Å²) < 4.78 is 27.4. The van der Waals surface area contributed by atoms with Gasteiger partial charge in [0.1, 0.15) is 4.90 Å². The molecule has 1 atom stereocenters. The van der Waals surface area contributed by atoms with E-state index in [0.717, 1.165) is 13.1 Å². The minimum Gasteiger partial charge on any atom is -0.299 e. The highest BCUT2D eigenvalue weighted by Gasteiger charge is 2.27. The fourth-order valence-corrected chi connectivity index (χ4v) is 4.17. The number of rotatable bonds is 6. The monoisotopic (exact) mass is 331 g/mol. The van der Waals surface area contributed by atoms with E-state index in [1.165, 1.54) is 31.3 Å². The van der Waals surface area contributed by atoms with Gasteiger partial charge >= 0.3 is 0 Å². The number of nitrogens with zero attached hydrogens (tertiary/aromatic N) is 2. The van der Waals surface area contributed by atoms with Crippen molar-refractivity contribution >= 4 is 21.6 Å².